The van der Waals surface area contributed by atoms with Crippen LogP contribution in [0.2, 0.25) is 0 Å². The Morgan fingerprint density at radius 1 is 1.59 bits per heavy atom. The van der Waals surface area contributed by atoms with Crippen LogP contribution in [0.25, 0.3) is 0 Å². The van der Waals surface area contributed by atoms with Crippen LogP contribution < -0.4 is 5.73 Å². The molecule has 0 aliphatic heterocycles. The maximum absolute atomic E-state index is 11.8. The number of rotatable bonds is 6. The van der Waals surface area contributed by atoms with Crippen LogP contribution in [0.1, 0.15) is 23.7 Å². The number of Topliss-reactive ketones (excluding diaryl/α,β-unsaturated/α-hetero) is 1. The molecule has 0 saturated carbocycles. The number of sulfone groups is 1. The topological polar surface area (TPSA) is 95.0 Å². The lowest BCUT2D eigenvalue weighted by molar-refractivity contribution is 0.0959. The van der Waals surface area contributed by atoms with Crippen molar-refractivity contribution in [3.8, 4) is 0 Å². The second-order valence-corrected chi connectivity index (χ2v) is 6.23. The number of hydrogen-bond acceptors (Lipinski definition) is 5. The fraction of sp³-hybridized carbons (Fsp3) is 0.600. The highest BCUT2D eigenvalue weighted by atomic mass is 32.2. The lowest BCUT2D eigenvalue weighted by Gasteiger charge is -2.07. The van der Waals surface area contributed by atoms with Crippen molar-refractivity contribution in [2.45, 2.75) is 25.9 Å². The van der Waals surface area contributed by atoms with Crippen LogP contribution in [0, 0.1) is 0 Å². The van der Waals surface area contributed by atoms with E-state index < -0.39 is 15.9 Å². The highest BCUT2D eigenvalue weighted by Crippen LogP contribution is 2.05. The number of ketones is 1. The van der Waals surface area contributed by atoms with E-state index in [4.69, 9.17) is 5.73 Å². The van der Waals surface area contributed by atoms with Gasteiger partial charge in [0, 0.05) is 19.0 Å². The molecule has 1 atom stereocenters. The molecule has 0 aliphatic carbocycles. The molecule has 1 rings (SSSR count). The maximum atomic E-state index is 11.8. The molecule has 0 amide bonds. The summed E-state index contributed by atoms with van der Waals surface area (Å²) in [6, 6.07) is -0.792. The Kier molecular flexibility index (Phi) is 4.41. The van der Waals surface area contributed by atoms with Crippen LogP contribution in [0.15, 0.2) is 12.4 Å². The van der Waals surface area contributed by atoms with E-state index in [9.17, 15) is 13.2 Å². The van der Waals surface area contributed by atoms with E-state index in [-0.39, 0.29) is 18.0 Å². The molecule has 0 aliphatic rings. The SMILES string of the molecule is CCn1cc(C(=O)C(N)CCS(C)(=O)=O)cn1. The minimum atomic E-state index is -3.09. The van der Waals surface area contributed by atoms with Crippen LogP contribution in [-0.2, 0) is 16.4 Å². The molecule has 1 aromatic rings. The second kappa shape index (κ2) is 5.42. The Balaban J connectivity index is 2.63. The molecule has 17 heavy (non-hydrogen) atoms. The zero-order valence-corrected chi connectivity index (χ0v) is 10.8. The molecule has 0 radical (unpaired) electrons. The zero-order valence-electron chi connectivity index (χ0n) is 9.96. The van der Waals surface area contributed by atoms with E-state index in [1.165, 1.54) is 6.20 Å². The molecule has 0 spiro atoms. The van der Waals surface area contributed by atoms with Crippen LogP contribution in [0.3, 0.4) is 0 Å². The molecule has 96 valence electrons. The predicted molar refractivity (Wildman–Crippen MR) is 64.5 cm³/mol. The Hall–Kier alpha value is -1.21. The number of carbonyl (C=O) groups is 1. The fourth-order valence-corrected chi connectivity index (χ4v) is 2.03. The number of carbonyl (C=O) groups excluding carboxylic acids is 1. The van der Waals surface area contributed by atoms with Gasteiger partial charge in [-0.05, 0) is 13.3 Å². The number of hydrogen-bond donors (Lipinski definition) is 1. The number of nitrogens with zero attached hydrogens (tertiary/aromatic N) is 2. The highest BCUT2D eigenvalue weighted by Gasteiger charge is 2.18. The summed E-state index contributed by atoms with van der Waals surface area (Å²) in [4.78, 5) is 11.8. The third-order valence-corrected chi connectivity index (χ3v) is 3.36. The Morgan fingerprint density at radius 2 is 2.24 bits per heavy atom. The van der Waals surface area contributed by atoms with Gasteiger partial charge in [0.1, 0.15) is 9.84 Å². The van der Waals surface area contributed by atoms with Gasteiger partial charge in [0.25, 0.3) is 0 Å². The van der Waals surface area contributed by atoms with E-state index in [1.807, 2.05) is 6.92 Å². The smallest absolute Gasteiger partial charge is 0.182 e. The lowest BCUT2D eigenvalue weighted by Crippen LogP contribution is -2.32. The fourth-order valence-electron chi connectivity index (χ4n) is 1.35. The van der Waals surface area contributed by atoms with E-state index >= 15 is 0 Å². The lowest BCUT2D eigenvalue weighted by atomic mass is 10.1. The quantitative estimate of drug-likeness (QED) is 0.717. The van der Waals surface area contributed by atoms with Crippen molar-refractivity contribution >= 4 is 15.6 Å². The first-order chi connectivity index (χ1) is 7.83. The van der Waals surface area contributed by atoms with E-state index in [2.05, 4.69) is 5.10 Å². The predicted octanol–water partition coefficient (Wildman–Crippen LogP) is -0.152. The van der Waals surface area contributed by atoms with Gasteiger partial charge in [0.05, 0.1) is 23.6 Å². The molecular formula is C10H17N3O3S. The van der Waals surface area contributed by atoms with Gasteiger partial charge in [-0.3, -0.25) is 9.48 Å². The van der Waals surface area contributed by atoms with Crippen molar-refractivity contribution in [2.75, 3.05) is 12.0 Å². The van der Waals surface area contributed by atoms with E-state index in [0.29, 0.717) is 12.1 Å². The van der Waals surface area contributed by atoms with Gasteiger partial charge in [-0.1, -0.05) is 0 Å². The summed E-state index contributed by atoms with van der Waals surface area (Å²) >= 11 is 0. The normalized spacial score (nSPS) is 13.6. The van der Waals surface area contributed by atoms with Crippen molar-refractivity contribution in [3.63, 3.8) is 0 Å². The summed E-state index contributed by atoms with van der Waals surface area (Å²) in [5, 5.41) is 3.97. The number of aromatic nitrogens is 2. The average Bonchev–Trinajstić information content (AvgIpc) is 2.72. The molecule has 6 nitrogen and oxygen atoms in total. The molecule has 1 heterocycles. The monoisotopic (exact) mass is 259 g/mol. The van der Waals surface area contributed by atoms with Gasteiger partial charge in [-0.25, -0.2) is 8.42 Å². The standard InChI is InChI=1S/C10H17N3O3S/c1-3-13-7-8(6-12-13)10(14)9(11)4-5-17(2,15)16/h6-7,9H,3-5,11H2,1-2H3. The minimum absolute atomic E-state index is 0.0815. The van der Waals surface area contributed by atoms with Gasteiger partial charge < -0.3 is 5.73 Å². The van der Waals surface area contributed by atoms with Gasteiger partial charge >= 0.3 is 0 Å². The summed E-state index contributed by atoms with van der Waals surface area (Å²) in [6.45, 7) is 2.58. The summed E-state index contributed by atoms with van der Waals surface area (Å²) in [5.74, 6) is -0.352. The molecule has 0 fully saturated rings. The molecular weight excluding hydrogens is 242 g/mol. The van der Waals surface area contributed by atoms with Crippen LogP contribution in [-0.4, -0.2) is 42.0 Å². The zero-order chi connectivity index (χ0) is 13.1. The summed E-state index contributed by atoms with van der Waals surface area (Å²) in [7, 11) is -3.09. The van der Waals surface area contributed by atoms with E-state index in [1.54, 1.807) is 10.9 Å². The van der Waals surface area contributed by atoms with Crippen molar-refractivity contribution in [1.82, 2.24) is 9.78 Å². The summed E-state index contributed by atoms with van der Waals surface area (Å²) in [6.07, 6.45) is 4.32. The second-order valence-electron chi connectivity index (χ2n) is 3.97. The van der Waals surface area contributed by atoms with Crippen LogP contribution in [0.5, 0.6) is 0 Å². The largest absolute Gasteiger partial charge is 0.321 e. The Labute approximate surface area is 101 Å². The Morgan fingerprint density at radius 3 is 2.71 bits per heavy atom. The van der Waals surface area contributed by atoms with Crippen molar-refractivity contribution in [3.05, 3.63) is 18.0 Å². The third kappa shape index (κ3) is 4.27. The summed E-state index contributed by atoms with van der Waals surface area (Å²) in [5.41, 5.74) is 6.08. The molecule has 0 aromatic carbocycles. The first-order valence-corrected chi connectivity index (χ1v) is 7.39. The Bertz CT molecular complexity index is 493. The first-order valence-electron chi connectivity index (χ1n) is 5.33. The van der Waals surface area contributed by atoms with Crippen LogP contribution >= 0.6 is 0 Å². The van der Waals surface area contributed by atoms with Gasteiger partial charge in [-0.2, -0.15) is 5.10 Å². The molecule has 2 N–H and O–H groups in total. The van der Waals surface area contributed by atoms with Crippen molar-refractivity contribution in [1.29, 1.82) is 0 Å². The highest BCUT2D eigenvalue weighted by molar-refractivity contribution is 7.90. The molecule has 0 saturated heterocycles. The van der Waals surface area contributed by atoms with Gasteiger partial charge in [0.2, 0.25) is 0 Å². The molecule has 0 bridgehead atoms. The van der Waals surface area contributed by atoms with Gasteiger partial charge in [0.15, 0.2) is 5.78 Å². The number of aryl methyl sites for hydroxylation is 1. The molecule has 7 heteroatoms. The summed E-state index contributed by atoms with van der Waals surface area (Å²) < 4.78 is 23.5. The minimum Gasteiger partial charge on any atom is -0.321 e. The molecule has 1 aromatic heterocycles. The average molecular weight is 259 g/mol. The first kappa shape index (κ1) is 13.9. The van der Waals surface area contributed by atoms with Crippen molar-refractivity contribution in [2.24, 2.45) is 5.73 Å². The van der Waals surface area contributed by atoms with Crippen molar-refractivity contribution < 1.29 is 13.2 Å². The molecule has 1 unspecified atom stereocenters. The van der Waals surface area contributed by atoms with E-state index in [0.717, 1.165) is 6.26 Å². The van der Waals surface area contributed by atoms with Gasteiger partial charge in [-0.15, -0.1) is 0 Å². The maximum Gasteiger partial charge on any atom is 0.182 e. The number of nitrogens with two attached hydrogens (primary N) is 1. The van der Waals surface area contributed by atoms with Crippen LogP contribution in [0.4, 0.5) is 0 Å². The third-order valence-electron chi connectivity index (χ3n) is 2.38.